The average molecular weight is 388 g/mol. The van der Waals surface area contributed by atoms with Gasteiger partial charge in [-0.25, -0.2) is 4.98 Å². The van der Waals surface area contributed by atoms with E-state index in [1.807, 2.05) is 25.1 Å². The Labute approximate surface area is 163 Å². The van der Waals surface area contributed by atoms with E-state index in [9.17, 15) is 4.79 Å². The van der Waals surface area contributed by atoms with Crippen LogP contribution >= 0.6 is 22.9 Å². The second kappa shape index (κ2) is 8.66. The molecule has 1 aliphatic carbocycles. The van der Waals surface area contributed by atoms with Gasteiger partial charge < -0.3 is 0 Å². The van der Waals surface area contributed by atoms with Gasteiger partial charge in [-0.3, -0.25) is 9.69 Å². The molecule has 0 unspecified atom stereocenters. The Kier molecular flexibility index (Phi) is 6.29. The molecular weight excluding hydrogens is 366 g/mol. The third-order valence-corrected chi connectivity index (χ3v) is 6.24. The standard InChI is InChI=1S/C20H22ClN3OS/c1-14-20(26-18(23-14)10-15-5-2-3-6-15)24(19(25)11-21)13-17-8-4-7-16(9-17)12-22/h4,7-9,15H,2-3,5-6,10-11,13H2,1H3. The number of benzene rings is 1. The number of hydrogen-bond donors (Lipinski definition) is 0. The van der Waals surface area contributed by atoms with E-state index in [-0.39, 0.29) is 11.8 Å². The van der Waals surface area contributed by atoms with Gasteiger partial charge in [-0.2, -0.15) is 5.26 Å². The van der Waals surface area contributed by atoms with Crippen molar-refractivity contribution in [2.75, 3.05) is 10.8 Å². The third kappa shape index (κ3) is 4.44. The average Bonchev–Trinajstić information content (AvgIpc) is 3.29. The van der Waals surface area contributed by atoms with Crippen LogP contribution in [0.15, 0.2) is 24.3 Å². The van der Waals surface area contributed by atoms with E-state index in [2.05, 4.69) is 6.07 Å². The molecule has 2 aromatic rings. The molecule has 1 amide bonds. The largest absolute Gasteiger partial charge is 0.297 e. The number of rotatable bonds is 6. The fourth-order valence-electron chi connectivity index (χ4n) is 3.51. The van der Waals surface area contributed by atoms with Gasteiger partial charge in [0, 0.05) is 6.42 Å². The Morgan fingerprint density at radius 3 is 2.88 bits per heavy atom. The van der Waals surface area contributed by atoms with E-state index < -0.39 is 0 Å². The summed E-state index contributed by atoms with van der Waals surface area (Å²) in [7, 11) is 0. The lowest BCUT2D eigenvalue weighted by molar-refractivity contribution is -0.116. The van der Waals surface area contributed by atoms with Crippen LogP contribution in [-0.2, 0) is 17.8 Å². The maximum atomic E-state index is 12.5. The highest BCUT2D eigenvalue weighted by molar-refractivity contribution is 7.16. The van der Waals surface area contributed by atoms with Gasteiger partial charge in [-0.05, 0) is 30.5 Å². The third-order valence-electron chi connectivity index (χ3n) is 4.81. The minimum absolute atomic E-state index is 0.0762. The van der Waals surface area contributed by atoms with Gasteiger partial charge in [-0.15, -0.1) is 22.9 Å². The Hall–Kier alpha value is -1.90. The van der Waals surface area contributed by atoms with Crippen LogP contribution in [0.2, 0.25) is 0 Å². The van der Waals surface area contributed by atoms with Crippen molar-refractivity contribution in [2.24, 2.45) is 5.92 Å². The van der Waals surface area contributed by atoms with Crippen molar-refractivity contribution in [3.8, 4) is 6.07 Å². The number of amides is 1. The van der Waals surface area contributed by atoms with Crippen molar-refractivity contribution in [3.63, 3.8) is 0 Å². The SMILES string of the molecule is Cc1nc(CC2CCCC2)sc1N(Cc1cccc(C#N)c1)C(=O)CCl. The molecule has 1 saturated carbocycles. The van der Waals surface area contributed by atoms with Gasteiger partial charge in [-0.1, -0.05) is 37.8 Å². The molecule has 0 spiro atoms. The number of nitrogens with zero attached hydrogens (tertiary/aromatic N) is 3. The molecule has 6 heteroatoms. The fraction of sp³-hybridized carbons (Fsp3) is 0.450. The monoisotopic (exact) mass is 387 g/mol. The Morgan fingerprint density at radius 2 is 2.19 bits per heavy atom. The summed E-state index contributed by atoms with van der Waals surface area (Å²) >= 11 is 7.46. The molecule has 1 aromatic carbocycles. The van der Waals surface area contributed by atoms with Crippen molar-refractivity contribution in [1.29, 1.82) is 5.26 Å². The number of hydrogen-bond acceptors (Lipinski definition) is 4. The summed E-state index contributed by atoms with van der Waals surface area (Å²) < 4.78 is 0. The summed E-state index contributed by atoms with van der Waals surface area (Å²) in [6.45, 7) is 2.34. The first kappa shape index (κ1) is 18.9. The van der Waals surface area contributed by atoms with E-state index in [0.717, 1.165) is 33.6 Å². The van der Waals surface area contributed by atoms with Crippen LogP contribution in [0.25, 0.3) is 0 Å². The molecule has 26 heavy (non-hydrogen) atoms. The topological polar surface area (TPSA) is 57.0 Å². The van der Waals surface area contributed by atoms with Gasteiger partial charge in [0.25, 0.3) is 0 Å². The summed E-state index contributed by atoms with van der Waals surface area (Å²) in [4.78, 5) is 18.9. The highest BCUT2D eigenvalue weighted by atomic mass is 35.5. The number of carbonyl (C=O) groups excluding carboxylic acids is 1. The molecule has 1 aromatic heterocycles. The molecule has 1 fully saturated rings. The summed E-state index contributed by atoms with van der Waals surface area (Å²) in [6.07, 6.45) is 6.18. The molecule has 0 N–H and O–H groups in total. The normalized spacial score (nSPS) is 14.3. The number of aryl methyl sites for hydroxylation is 1. The van der Waals surface area contributed by atoms with Gasteiger partial charge in [0.15, 0.2) is 0 Å². The molecule has 1 aliphatic rings. The summed E-state index contributed by atoms with van der Waals surface area (Å²) in [6, 6.07) is 9.47. The van der Waals surface area contributed by atoms with Crippen LogP contribution in [0.3, 0.4) is 0 Å². The first-order chi connectivity index (χ1) is 12.6. The molecule has 0 bridgehead atoms. The van der Waals surface area contributed by atoms with E-state index >= 15 is 0 Å². The summed E-state index contributed by atoms with van der Waals surface area (Å²) in [5.41, 5.74) is 2.37. The van der Waals surface area contributed by atoms with Gasteiger partial charge in [0.05, 0.1) is 28.9 Å². The maximum Gasteiger partial charge on any atom is 0.242 e. The smallest absolute Gasteiger partial charge is 0.242 e. The highest BCUT2D eigenvalue weighted by Gasteiger charge is 2.23. The maximum absolute atomic E-state index is 12.5. The van der Waals surface area contributed by atoms with Crippen LogP contribution < -0.4 is 4.90 Å². The molecule has 1 heterocycles. The second-order valence-electron chi connectivity index (χ2n) is 6.78. The molecule has 0 radical (unpaired) electrons. The van der Waals surface area contributed by atoms with Crippen molar-refractivity contribution >= 4 is 33.8 Å². The number of nitriles is 1. The number of anilines is 1. The number of alkyl halides is 1. The molecule has 4 nitrogen and oxygen atoms in total. The highest BCUT2D eigenvalue weighted by Crippen LogP contribution is 2.34. The van der Waals surface area contributed by atoms with Crippen LogP contribution in [0, 0.1) is 24.2 Å². The zero-order chi connectivity index (χ0) is 18.5. The summed E-state index contributed by atoms with van der Waals surface area (Å²) in [5.74, 6) is 0.499. The van der Waals surface area contributed by atoms with Crippen LogP contribution in [0.5, 0.6) is 0 Å². The zero-order valence-corrected chi connectivity index (χ0v) is 16.4. The Morgan fingerprint density at radius 1 is 1.42 bits per heavy atom. The Bertz CT molecular complexity index is 821. The predicted octanol–water partition coefficient (Wildman–Crippen LogP) is 4.83. The van der Waals surface area contributed by atoms with Crippen molar-refractivity contribution in [3.05, 3.63) is 46.1 Å². The zero-order valence-electron chi connectivity index (χ0n) is 14.9. The number of thiazole rings is 1. The van der Waals surface area contributed by atoms with Crippen LogP contribution in [0.4, 0.5) is 5.00 Å². The van der Waals surface area contributed by atoms with Crippen molar-refractivity contribution in [1.82, 2.24) is 4.98 Å². The predicted molar refractivity (Wildman–Crippen MR) is 106 cm³/mol. The second-order valence-corrected chi connectivity index (χ2v) is 8.11. The van der Waals surface area contributed by atoms with E-state index in [0.29, 0.717) is 12.1 Å². The molecule has 136 valence electrons. The number of halogens is 1. The lowest BCUT2D eigenvalue weighted by Crippen LogP contribution is -2.31. The minimum Gasteiger partial charge on any atom is -0.297 e. The number of aromatic nitrogens is 1. The molecular formula is C20H22ClN3OS. The first-order valence-corrected chi connectivity index (χ1v) is 10.3. The molecule has 0 atom stereocenters. The quantitative estimate of drug-likeness (QED) is 0.667. The van der Waals surface area contributed by atoms with Crippen molar-refractivity contribution < 1.29 is 4.79 Å². The van der Waals surface area contributed by atoms with Crippen LogP contribution in [0.1, 0.15) is 47.5 Å². The van der Waals surface area contributed by atoms with E-state index in [1.54, 1.807) is 22.3 Å². The van der Waals surface area contributed by atoms with E-state index in [1.165, 1.54) is 25.7 Å². The van der Waals surface area contributed by atoms with E-state index in [4.69, 9.17) is 21.8 Å². The lowest BCUT2D eigenvalue weighted by Gasteiger charge is -2.21. The molecule has 3 rings (SSSR count). The number of carbonyl (C=O) groups is 1. The Balaban J connectivity index is 1.84. The van der Waals surface area contributed by atoms with Crippen LogP contribution in [-0.4, -0.2) is 16.8 Å². The van der Waals surface area contributed by atoms with Crippen molar-refractivity contribution in [2.45, 2.75) is 45.6 Å². The van der Waals surface area contributed by atoms with Gasteiger partial charge in [0.1, 0.15) is 10.9 Å². The summed E-state index contributed by atoms with van der Waals surface area (Å²) in [5, 5.41) is 11.1. The van der Waals surface area contributed by atoms with Gasteiger partial charge >= 0.3 is 0 Å². The van der Waals surface area contributed by atoms with Gasteiger partial charge in [0.2, 0.25) is 5.91 Å². The lowest BCUT2D eigenvalue weighted by atomic mass is 10.1. The minimum atomic E-state index is -0.145. The molecule has 0 aliphatic heterocycles. The fourth-order valence-corrected chi connectivity index (χ4v) is 4.85. The first-order valence-electron chi connectivity index (χ1n) is 8.92. The molecule has 0 saturated heterocycles.